The van der Waals surface area contributed by atoms with Crippen LogP contribution >= 0.6 is 11.8 Å². The van der Waals surface area contributed by atoms with Crippen LogP contribution in [0.4, 0.5) is 0 Å². The number of carbonyl (C=O) groups is 3. The van der Waals surface area contributed by atoms with E-state index in [9.17, 15) is 29.8 Å². The lowest BCUT2D eigenvalue weighted by atomic mass is 9.79. The van der Waals surface area contributed by atoms with Gasteiger partial charge in [0.2, 0.25) is 11.8 Å². The third-order valence-corrected chi connectivity index (χ3v) is 6.87. The zero-order valence-corrected chi connectivity index (χ0v) is 16.2. The maximum Gasteiger partial charge on any atom is 0.353 e. The second kappa shape index (κ2) is 7.42. The first-order valence-electron chi connectivity index (χ1n) is 8.87. The topological polar surface area (TPSA) is 128 Å². The molecular formula is C17H24N2O7S. The van der Waals surface area contributed by atoms with Gasteiger partial charge in [0.25, 0.3) is 0 Å². The molecule has 3 heterocycles. The Kier molecular flexibility index (Phi) is 5.53. The summed E-state index contributed by atoms with van der Waals surface area (Å²) < 4.78 is 5.61. The smallest absolute Gasteiger partial charge is 0.353 e. The van der Waals surface area contributed by atoms with Gasteiger partial charge in [0.05, 0.1) is 37.3 Å². The van der Waals surface area contributed by atoms with E-state index in [2.05, 4.69) is 0 Å². The Balaban J connectivity index is 1.72. The highest BCUT2D eigenvalue weighted by atomic mass is 32.2. The van der Waals surface area contributed by atoms with Crippen LogP contribution in [0.25, 0.3) is 0 Å². The van der Waals surface area contributed by atoms with Crippen LogP contribution in [0.2, 0.25) is 0 Å². The molecule has 9 nitrogen and oxygen atoms in total. The fraction of sp³-hybridized carbons (Fsp3) is 0.706. The van der Waals surface area contributed by atoms with Crippen LogP contribution in [0.3, 0.4) is 0 Å². The number of carboxylic acid groups (broad SMARTS) is 1. The van der Waals surface area contributed by atoms with Gasteiger partial charge in [-0.2, -0.15) is 0 Å². The Labute approximate surface area is 160 Å². The van der Waals surface area contributed by atoms with Crippen molar-refractivity contribution in [3.05, 3.63) is 10.6 Å². The van der Waals surface area contributed by atoms with Gasteiger partial charge in [-0.15, -0.1) is 11.8 Å². The van der Waals surface area contributed by atoms with Gasteiger partial charge >= 0.3 is 5.97 Å². The Morgan fingerprint density at radius 1 is 1.44 bits per heavy atom. The van der Waals surface area contributed by atoms with Crippen molar-refractivity contribution in [2.45, 2.75) is 50.7 Å². The van der Waals surface area contributed by atoms with E-state index in [1.165, 1.54) is 23.6 Å². The van der Waals surface area contributed by atoms with Crippen molar-refractivity contribution in [1.29, 1.82) is 0 Å². The average Bonchev–Trinajstić information content (AvgIpc) is 3.09. The van der Waals surface area contributed by atoms with Crippen LogP contribution in [-0.4, -0.2) is 79.8 Å². The second-order valence-corrected chi connectivity index (χ2v) is 8.65. The molecule has 27 heavy (non-hydrogen) atoms. The molecule has 3 N–H and O–H groups in total. The van der Waals surface area contributed by atoms with E-state index in [1.807, 2.05) is 6.92 Å². The van der Waals surface area contributed by atoms with Crippen molar-refractivity contribution < 1.29 is 34.5 Å². The summed E-state index contributed by atoms with van der Waals surface area (Å²) in [6.45, 7) is 5.09. The van der Waals surface area contributed by atoms with Gasteiger partial charge in [-0.25, -0.2) is 9.86 Å². The predicted octanol–water partition coefficient (Wildman–Crippen LogP) is 0.269. The average molecular weight is 400 g/mol. The molecule has 2 saturated heterocycles. The molecule has 0 radical (unpaired) electrons. The fourth-order valence-electron chi connectivity index (χ4n) is 4.06. The molecule has 0 aliphatic carbocycles. The summed E-state index contributed by atoms with van der Waals surface area (Å²) in [5.74, 6) is -2.75. The van der Waals surface area contributed by atoms with Gasteiger partial charge < -0.3 is 19.8 Å². The molecule has 0 saturated carbocycles. The van der Waals surface area contributed by atoms with Crippen LogP contribution in [-0.2, 0) is 19.1 Å². The van der Waals surface area contributed by atoms with Crippen LogP contribution in [0.1, 0.15) is 27.2 Å². The summed E-state index contributed by atoms with van der Waals surface area (Å²) >= 11 is 1.38. The van der Waals surface area contributed by atoms with Gasteiger partial charge in [-0.3, -0.25) is 14.8 Å². The molecule has 6 atom stereocenters. The zero-order valence-electron chi connectivity index (χ0n) is 15.4. The number of thioether (sulfide) groups is 1. The fourth-order valence-corrected chi connectivity index (χ4v) is 5.53. The number of ether oxygens (including phenoxy) is 1. The first-order chi connectivity index (χ1) is 12.6. The van der Waals surface area contributed by atoms with Crippen LogP contribution < -0.4 is 0 Å². The molecular weight excluding hydrogens is 376 g/mol. The maximum absolute atomic E-state index is 12.3. The van der Waals surface area contributed by atoms with Crippen LogP contribution in [0.5, 0.6) is 0 Å². The number of fused-ring (bicyclic) bond motifs is 1. The highest BCUT2D eigenvalue weighted by Crippen LogP contribution is 2.52. The van der Waals surface area contributed by atoms with Crippen molar-refractivity contribution in [2.75, 3.05) is 13.2 Å². The Bertz CT molecular complexity index is 695. The Morgan fingerprint density at radius 3 is 2.67 bits per heavy atom. The van der Waals surface area contributed by atoms with E-state index in [4.69, 9.17) is 4.74 Å². The van der Waals surface area contributed by atoms with E-state index < -0.39 is 23.9 Å². The first kappa shape index (κ1) is 20.1. The number of carboxylic acids is 1. The van der Waals surface area contributed by atoms with Crippen molar-refractivity contribution in [3.63, 3.8) is 0 Å². The minimum atomic E-state index is -1.15. The van der Waals surface area contributed by atoms with Crippen molar-refractivity contribution >= 4 is 29.5 Å². The quantitative estimate of drug-likeness (QED) is 0.329. The third-order valence-electron chi connectivity index (χ3n) is 5.39. The van der Waals surface area contributed by atoms with Crippen LogP contribution in [0.15, 0.2) is 10.6 Å². The second-order valence-electron chi connectivity index (χ2n) is 7.30. The summed E-state index contributed by atoms with van der Waals surface area (Å²) in [6.07, 6.45) is -0.607. The number of rotatable bonds is 6. The summed E-state index contributed by atoms with van der Waals surface area (Å²) in [4.78, 5) is 37.2. The van der Waals surface area contributed by atoms with Crippen molar-refractivity contribution in [2.24, 2.45) is 11.8 Å². The molecule has 0 spiro atoms. The summed E-state index contributed by atoms with van der Waals surface area (Å²) in [6, 6.07) is -0.338. The molecule has 3 aliphatic heterocycles. The zero-order chi connectivity index (χ0) is 20.0. The van der Waals surface area contributed by atoms with E-state index in [1.54, 1.807) is 6.92 Å². The first-order valence-corrected chi connectivity index (χ1v) is 9.75. The Morgan fingerprint density at radius 2 is 2.11 bits per heavy atom. The third kappa shape index (κ3) is 3.46. The number of hydroxylamine groups is 2. The largest absolute Gasteiger partial charge is 0.477 e. The Hall–Kier alpha value is -1.62. The lowest BCUT2D eigenvalue weighted by Crippen LogP contribution is -2.63. The minimum Gasteiger partial charge on any atom is -0.477 e. The predicted molar refractivity (Wildman–Crippen MR) is 94.5 cm³/mol. The number of aliphatic carboxylic acids is 1. The van der Waals surface area contributed by atoms with E-state index >= 15 is 0 Å². The van der Waals surface area contributed by atoms with Crippen molar-refractivity contribution in [1.82, 2.24) is 9.96 Å². The minimum absolute atomic E-state index is 0.00429. The molecule has 2 fully saturated rings. The molecule has 0 aromatic rings. The standard InChI is InChI=1S/C17H24N2O7S/c1-7-13-12(8(2)20)16(22)19(13)14(17(23)24)15(7)27-11-4-10(26-6-11)5-18(25)9(3)21/h7-8,10-13,20,25H,4-6H2,1-3H3,(H,23,24). The summed E-state index contributed by atoms with van der Waals surface area (Å²) in [5.41, 5.74) is -0.00429. The number of hydrogen-bond donors (Lipinski definition) is 3. The molecule has 150 valence electrons. The SMILES string of the molecule is CC(=O)N(O)CC1CC(SC2=C(C(=O)O)N3C(=O)C(C(C)O)C3C2C)CO1. The molecule has 10 heteroatoms. The maximum atomic E-state index is 12.3. The summed E-state index contributed by atoms with van der Waals surface area (Å²) in [7, 11) is 0. The van der Waals surface area contributed by atoms with Gasteiger partial charge in [-0.1, -0.05) is 6.92 Å². The molecule has 3 aliphatic rings. The van der Waals surface area contributed by atoms with E-state index in [0.717, 1.165) is 0 Å². The van der Waals surface area contributed by atoms with Gasteiger partial charge in [0.1, 0.15) is 5.70 Å². The number of hydrogen-bond acceptors (Lipinski definition) is 7. The normalized spacial score (nSPS) is 33.7. The number of nitrogens with zero attached hydrogens (tertiary/aromatic N) is 2. The lowest BCUT2D eigenvalue weighted by Gasteiger charge is -2.46. The highest BCUT2D eigenvalue weighted by Gasteiger charge is 2.60. The summed E-state index contributed by atoms with van der Waals surface area (Å²) in [5, 5.41) is 29.6. The molecule has 0 bridgehead atoms. The molecule has 6 unspecified atom stereocenters. The van der Waals surface area contributed by atoms with Crippen molar-refractivity contribution in [3.8, 4) is 0 Å². The number of amides is 2. The molecule has 3 rings (SSSR count). The van der Waals surface area contributed by atoms with Crippen LogP contribution in [0, 0.1) is 11.8 Å². The monoisotopic (exact) mass is 400 g/mol. The van der Waals surface area contributed by atoms with Gasteiger partial charge in [0, 0.05) is 23.0 Å². The lowest BCUT2D eigenvalue weighted by molar-refractivity contribution is -0.168. The van der Waals surface area contributed by atoms with Gasteiger partial charge in [-0.05, 0) is 13.3 Å². The molecule has 0 aromatic carbocycles. The van der Waals surface area contributed by atoms with E-state index in [-0.39, 0.29) is 41.5 Å². The van der Waals surface area contributed by atoms with E-state index in [0.29, 0.717) is 23.0 Å². The highest BCUT2D eigenvalue weighted by molar-refractivity contribution is 8.03. The number of aliphatic hydroxyl groups is 1. The molecule has 2 amide bonds. The number of carbonyl (C=O) groups excluding carboxylic acids is 2. The number of aliphatic hydroxyl groups excluding tert-OH is 1. The van der Waals surface area contributed by atoms with Gasteiger partial charge in [0.15, 0.2) is 0 Å². The molecule has 0 aromatic heterocycles. The number of β-lactam (4-membered cyclic amide) rings is 1.